The minimum absolute atomic E-state index is 0.293. The maximum atomic E-state index is 14.5. The molecule has 1 aliphatic rings. The number of ether oxygens (including phenoxy) is 1. The first-order chi connectivity index (χ1) is 13.0. The van der Waals surface area contributed by atoms with Crippen molar-refractivity contribution in [2.45, 2.75) is 57.8 Å². The fraction of sp³-hybridized carbons (Fsp3) is 0.478. The van der Waals surface area contributed by atoms with E-state index in [0.29, 0.717) is 11.5 Å². The van der Waals surface area contributed by atoms with Crippen LogP contribution in [-0.2, 0) is 0 Å². The molecule has 1 saturated carbocycles. The van der Waals surface area contributed by atoms with Crippen LogP contribution >= 0.6 is 0 Å². The lowest BCUT2D eigenvalue weighted by Crippen LogP contribution is -2.13. The van der Waals surface area contributed by atoms with Gasteiger partial charge in [0, 0.05) is 6.07 Å². The van der Waals surface area contributed by atoms with Crippen molar-refractivity contribution in [3.63, 3.8) is 0 Å². The van der Waals surface area contributed by atoms with Crippen LogP contribution in [0.2, 0.25) is 0 Å². The van der Waals surface area contributed by atoms with Crippen molar-refractivity contribution < 1.29 is 17.9 Å². The topological polar surface area (TPSA) is 9.23 Å². The first-order valence-electron chi connectivity index (χ1n) is 9.87. The number of unbranched alkanes of at least 4 members (excludes halogenated alkanes) is 1. The van der Waals surface area contributed by atoms with Gasteiger partial charge in [0.1, 0.15) is 0 Å². The minimum Gasteiger partial charge on any atom is -0.494 e. The van der Waals surface area contributed by atoms with Gasteiger partial charge < -0.3 is 4.74 Å². The molecule has 27 heavy (non-hydrogen) atoms. The first-order valence-corrected chi connectivity index (χ1v) is 9.87. The first kappa shape index (κ1) is 19.8. The summed E-state index contributed by atoms with van der Waals surface area (Å²) in [7, 11) is 1.24. The number of rotatable bonds is 6. The van der Waals surface area contributed by atoms with Crippen LogP contribution in [0.3, 0.4) is 0 Å². The second-order valence-electron chi connectivity index (χ2n) is 7.55. The van der Waals surface area contributed by atoms with Gasteiger partial charge in [0.15, 0.2) is 23.2 Å². The molecular weight excluding hydrogens is 349 g/mol. The summed E-state index contributed by atoms with van der Waals surface area (Å²) in [5.74, 6) is -2.13. The zero-order valence-corrected chi connectivity index (χ0v) is 16.0. The Hall–Kier alpha value is -1.97. The third kappa shape index (κ3) is 4.31. The predicted molar refractivity (Wildman–Crippen MR) is 103 cm³/mol. The van der Waals surface area contributed by atoms with Crippen LogP contribution in [0, 0.1) is 23.4 Å². The Kier molecular flexibility index (Phi) is 6.46. The standard InChI is InChI=1S/C23H27F3O/c1-3-4-5-15-6-8-16(9-7-15)17-10-12-18(13-11-17)21-22(25)19(24)14-20(27-2)23(21)26/h10-16H,3-9H2,1-2H3. The quantitative estimate of drug-likeness (QED) is 0.483. The van der Waals surface area contributed by atoms with Crippen molar-refractivity contribution in [3.8, 4) is 16.9 Å². The minimum atomic E-state index is -1.18. The molecule has 0 bridgehead atoms. The van der Waals surface area contributed by atoms with E-state index in [9.17, 15) is 13.2 Å². The molecule has 0 atom stereocenters. The number of hydrogen-bond acceptors (Lipinski definition) is 1. The molecule has 1 fully saturated rings. The number of benzene rings is 2. The molecule has 0 aromatic heterocycles. The highest BCUT2D eigenvalue weighted by Crippen LogP contribution is 2.39. The van der Waals surface area contributed by atoms with Crippen LogP contribution in [-0.4, -0.2) is 7.11 Å². The van der Waals surface area contributed by atoms with Crippen LogP contribution < -0.4 is 4.74 Å². The molecule has 0 N–H and O–H groups in total. The molecule has 2 aromatic carbocycles. The predicted octanol–water partition coefficient (Wildman–Crippen LogP) is 7.24. The van der Waals surface area contributed by atoms with E-state index in [4.69, 9.17) is 4.74 Å². The normalized spacial score (nSPS) is 19.9. The third-order valence-corrected chi connectivity index (χ3v) is 5.83. The molecule has 0 radical (unpaired) electrons. The van der Waals surface area contributed by atoms with Gasteiger partial charge in [-0.2, -0.15) is 0 Å². The van der Waals surface area contributed by atoms with E-state index >= 15 is 0 Å². The Morgan fingerprint density at radius 2 is 1.63 bits per heavy atom. The van der Waals surface area contributed by atoms with Crippen molar-refractivity contribution in [2.75, 3.05) is 7.11 Å². The van der Waals surface area contributed by atoms with Gasteiger partial charge in [-0.05, 0) is 48.6 Å². The second-order valence-corrected chi connectivity index (χ2v) is 7.55. The highest BCUT2D eigenvalue weighted by molar-refractivity contribution is 5.67. The van der Waals surface area contributed by atoms with Gasteiger partial charge in [-0.25, -0.2) is 13.2 Å². The summed E-state index contributed by atoms with van der Waals surface area (Å²) in [6.45, 7) is 2.23. The van der Waals surface area contributed by atoms with Crippen molar-refractivity contribution in [1.82, 2.24) is 0 Å². The Labute approximate surface area is 159 Å². The molecule has 1 aliphatic carbocycles. The lowest BCUT2D eigenvalue weighted by Gasteiger charge is -2.29. The van der Waals surface area contributed by atoms with Gasteiger partial charge in [0.25, 0.3) is 0 Å². The third-order valence-electron chi connectivity index (χ3n) is 5.83. The van der Waals surface area contributed by atoms with E-state index in [1.165, 1.54) is 44.8 Å². The monoisotopic (exact) mass is 376 g/mol. The van der Waals surface area contributed by atoms with E-state index in [1.807, 2.05) is 12.1 Å². The number of methoxy groups -OCH3 is 1. The lowest BCUT2D eigenvalue weighted by molar-refractivity contribution is 0.304. The van der Waals surface area contributed by atoms with Gasteiger partial charge in [-0.1, -0.05) is 50.5 Å². The molecular formula is C23H27F3O. The van der Waals surface area contributed by atoms with E-state index in [2.05, 4.69) is 6.92 Å². The summed E-state index contributed by atoms with van der Waals surface area (Å²) in [5, 5.41) is 0. The van der Waals surface area contributed by atoms with Crippen molar-refractivity contribution >= 4 is 0 Å². The Balaban J connectivity index is 1.76. The molecule has 0 unspecified atom stereocenters. The maximum Gasteiger partial charge on any atom is 0.176 e. The van der Waals surface area contributed by atoms with Crippen LogP contribution in [0.4, 0.5) is 13.2 Å². The molecule has 2 aromatic rings. The van der Waals surface area contributed by atoms with Crippen molar-refractivity contribution in [3.05, 3.63) is 53.3 Å². The Bertz CT molecular complexity index is 762. The number of hydrogen-bond donors (Lipinski definition) is 0. The Morgan fingerprint density at radius 1 is 0.963 bits per heavy atom. The van der Waals surface area contributed by atoms with Gasteiger partial charge >= 0.3 is 0 Å². The second kappa shape index (κ2) is 8.81. The summed E-state index contributed by atoms with van der Waals surface area (Å²) in [4.78, 5) is 0. The van der Waals surface area contributed by atoms with E-state index in [0.717, 1.165) is 24.8 Å². The highest BCUT2D eigenvalue weighted by atomic mass is 19.2. The zero-order chi connectivity index (χ0) is 19.4. The Morgan fingerprint density at radius 3 is 2.22 bits per heavy atom. The average Bonchev–Trinajstić information content (AvgIpc) is 2.70. The molecule has 0 heterocycles. The van der Waals surface area contributed by atoms with Gasteiger partial charge in [0.05, 0.1) is 12.7 Å². The molecule has 0 amide bonds. The van der Waals surface area contributed by atoms with E-state index in [-0.39, 0.29) is 11.3 Å². The van der Waals surface area contributed by atoms with Crippen LogP contribution in [0.15, 0.2) is 30.3 Å². The summed E-state index contributed by atoms with van der Waals surface area (Å²) >= 11 is 0. The lowest BCUT2D eigenvalue weighted by atomic mass is 9.77. The largest absolute Gasteiger partial charge is 0.494 e. The fourth-order valence-electron chi connectivity index (χ4n) is 4.18. The van der Waals surface area contributed by atoms with Crippen molar-refractivity contribution in [1.29, 1.82) is 0 Å². The summed E-state index contributed by atoms with van der Waals surface area (Å²) in [6.07, 6.45) is 8.68. The average molecular weight is 376 g/mol. The molecule has 3 rings (SSSR count). The van der Waals surface area contributed by atoms with E-state index in [1.54, 1.807) is 12.1 Å². The van der Waals surface area contributed by atoms with E-state index < -0.39 is 17.5 Å². The molecule has 0 saturated heterocycles. The summed E-state index contributed by atoms with van der Waals surface area (Å²) in [5.41, 5.74) is 1.14. The molecule has 0 aliphatic heterocycles. The summed E-state index contributed by atoms with van der Waals surface area (Å²) in [6, 6.07) is 7.93. The fourth-order valence-corrected chi connectivity index (χ4v) is 4.18. The molecule has 0 spiro atoms. The molecule has 4 heteroatoms. The van der Waals surface area contributed by atoms with Crippen LogP contribution in [0.25, 0.3) is 11.1 Å². The zero-order valence-electron chi connectivity index (χ0n) is 16.0. The van der Waals surface area contributed by atoms with Gasteiger partial charge in [-0.15, -0.1) is 0 Å². The summed E-state index contributed by atoms with van der Waals surface area (Å²) < 4.78 is 47.2. The van der Waals surface area contributed by atoms with Gasteiger partial charge in [0.2, 0.25) is 0 Å². The van der Waals surface area contributed by atoms with Crippen molar-refractivity contribution in [2.24, 2.45) is 5.92 Å². The van der Waals surface area contributed by atoms with Crippen LogP contribution in [0.5, 0.6) is 5.75 Å². The molecule has 1 nitrogen and oxygen atoms in total. The molecule has 146 valence electrons. The van der Waals surface area contributed by atoms with Gasteiger partial charge in [-0.3, -0.25) is 0 Å². The smallest absolute Gasteiger partial charge is 0.176 e. The van der Waals surface area contributed by atoms with Crippen LogP contribution in [0.1, 0.15) is 63.4 Å². The SMILES string of the molecule is CCCCC1CCC(c2ccc(-c3c(F)c(F)cc(OC)c3F)cc2)CC1. The number of halogens is 3. The maximum absolute atomic E-state index is 14.5. The highest BCUT2D eigenvalue weighted by Gasteiger charge is 2.23.